The van der Waals surface area contributed by atoms with Gasteiger partial charge in [0.2, 0.25) is 0 Å². The van der Waals surface area contributed by atoms with E-state index in [1.54, 1.807) is 14.2 Å². The normalized spacial score (nSPS) is 20.0. The van der Waals surface area contributed by atoms with Crippen LogP contribution >= 0.6 is 11.8 Å². The van der Waals surface area contributed by atoms with E-state index in [-0.39, 0.29) is 46.5 Å². The van der Waals surface area contributed by atoms with Gasteiger partial charge in [0.1, 0.15) is 0 Å². The van der Waals surface area contributed by atoms with Crippen LogP contribution in [0.3, 0.4) is 0 Å². The van der Waals surface area contributed by atoms with Gasteiger partial charge in [-0.05, 0) is 73.2 Å². The number of amides is 2. The minimum Gasteiger partial charge on any atom is -0.381 e. The van der Waals surface area contributed by atoms with E-state index in [9.17, 15) is 29.8 Å². The molecule has 0 heterocycles. The van der Waals surface area contributed by atoms with Gasteiger partial charge in [-0.15, -0.1) is 0 Å². The Morgan fingerprint density at radius 2 is 0.981 bits per heavy atom. The fourth-order valence-corrected chi connectivity index (χ4v) is 8.65. The first-order valence-corrected chi connectivity index (χ1v) is 18.6. The molecule has 276 valence electrons. The Balaban J connectivity index is 1.43. The highest BCUT2D eigenvalue weighted by molar-refractivity contribution is 7.99. The maximum absolute atomic E-state index is 13.8. The summed E-state index contributed by atoms with van der Waals surface area (Å²) in [6.45, 7) is 0. The molecule has 53 heavy (non-hydrogen) atoms. The topological polar surface area (TPSA) is 163 Å². The van der Waals surface area contributed by atoms with Crippen molar-refractivity contribution in [2.24, 2.45) is 0 Å². The minimum atomic E-state index is -0.506. The van der Waals surface area contributed by atoms with Crippen molar-refractivity contribution in [1.82, 2.24) is 0 Å². The molecule has 4 unspecified atom stereocenters. The molecule has 4 atom stereocenters. The Bertz CT molecular complexity index is 1830. The molecule has 0 aliphatic heterocycles. The number of carbonyl (C=O) groups excluding carboxylic acids is 2. The van der Waals surface area contributed by atoms with Crippen molar-refractivity contribution in [1.29, 1.82) is 0 Å². The summed E-state index contributed by atoms with van der Waals surface area (Å²) in [7, 11) is 3.42. The van der Waals surface area contributed by atoms with Crippen LogP contribution in [-0.2, 0) is 9.47 Å². The van der Waals surface area contributed by atoms with E-state index in [0.717, 1.165) is 72.3 Å². The summed E-state index contributed by atoms with van der Waals surface area (Å²) in [5.41, 5.74) is 3.40. The molecule has 2 saturated carbocycles. The number of para-hydroxylation sites is 2. The van der Waals surface area contributed by atoms with Crippen molar-refractivity contribution < 1.29 is 28.9 Å². The molecule has 0 bridgehead atoms. The van der Waals surface area contributed by atoms with Gasteiger partial charge in [-0.2, -0.15) is 0 Å². The van der Waals surface area contributed by atoms with Gasteiger partial charge in [0.15, 0.2) is 0 Å². The number of anilines is 2. The predicted octanol–water partition coefficient (Wildman–Crippen LogP) is 9.50. The van der Waals surface area contributed by atoms with Crippen molar-refractivity contribution in [3.05, 3.63) is 127 Å². The number of methoxy groups -OCH3 is 2. The lowest BCUT2D eigenvalue weighted by atomic mass is 9.81. The smallest absolute Gasteiger partial charge is 0.269 e. The number of benzene rings is 4. The number of rotatable bonds is 12. The van der Waals surface area contributed by atoms with E-state index in [0.29, 0.717) is 11.4 Å². The van der Waals surface area contributed by atoms with Crippen LogP contribution in [0.5, 0.6) is 0 Å². The van der Waals surface area contributed by atoms with Gasteiger partial charge in [0.05, 0.1) is 33.4 Å². The lowest BCUT2D eigenvalue weighted by molar-refractivity contribution is -0.385. The van der Waals surface area contributed by atoms with Gasteiger partial charge in [-0.3, -0.25) is 29.8 Å². The predicted molar refractivity (Wildman–Crippen MR) is 203 cm³/mol. The number of nitrogens with zero attached hydrogens (tertiary/aromatic N) is 2. The maximum atomic E-state index is 13.8. The first-order chi connectivity index (χ1) is 25.7. The van der Waals surface area contributed by atoms with Crippen LogP contribution < -0.4 is 10.6 Å². The van der Waals surface area contributed by atoms with E-state index in [1.165, 1.54) is 60.3 Å². The van der Waals surface area contributed by atoms with Crippen molar-refractivity contribution in [3.63, 3.8) is 0 Å². The zero-order valence-corrected chi connectivity index (χ0v) is 30.4. The SMILES string of the molecule is COC1CCCCC1c1cccc(Sc2cccc(C3CCCCC3OC)c2NC(=O)c2ccc([N+](=O)[O-])cc2)c1NC(=O)c1ccc([N+](=O)[O-])cc1. The Hall–Kier alpha value is -5.11. The van der Waals surface area contributed by atoms with Crippen LogP contribution in [0.25, 0.3) is 0 Å². The minimum absolute atomic E-state index is 0.0128. The maximum Gasteiger partial charge on any atom is 0.269 e. The Kier molecular flexibility index (Phi) is 12.2. The van der Waals surface area contributed by atoms with E-state index < -0.39 is 21.7 Å². The fraction of sp³-hybridized carbons (Fsp3) is 0.350. The quantitative estimate of drug-likeness (QED) is 0.106. The summed E-state index contributed by atoms with van der Waals surface area (Å²) >= 11 is 1.41. The van der Waals surface area contributed by atoms with Gasteiger partial charge < -0.3 is 20.1 Å². The second-order valence-electron chi connectivity index (χ2n) is 13.4. The molecule has 0 radical (unpaired) electrons. The second-order valence-corrected chi connectivity index (χ2v) is 14.5. The summed E-state index contributed by atoms with van der Waals surface area (Å²) in [5, 5.41) is 28.9. The lowest BCUT2D eigenvalue weighted by Crippen LogP contribution is -2.26. The summed E-state index contributed by atoms with van der Waals surface area (Å²) in [5.74, 6) is -0.799. The van der Waals surface area contributed by atoms with Crippen LogP contribution in [-0.4, -0.2) is 48.1 Å². The number of nitro benzene ring substituents is 2. The highest BCUT2D eigenvalue weighted by atomic mass is 32.2. The van der Waals surface area contributed by atoms with Crippen LogP contribution in [0.4, 0.5) is 22.7 Å². The molecule has 4 aromatic carbocycles. The molecule has 2 N–H and O–H groups in total. The third-order valence-electron chi connectivity index (χ3n) is 10.3. The number of hydrogen-bond acceptors (Lipinski definition) is 9. The zero-order chi connectivity index (χ0) is 37.5. The van der Waals surface area contributed by atoms with Gasteiger partial charge in [0, 0.05) is 71.2 Å². The van der Waals surface area contributed by atoms with Crippen LogP contribution in [0, 0.1) is 20.2 Å². The Labute approximate surface area is 312 Å². The van der Waals surface area contributed by atoms with Gasteiger partial charge in [-0.25, -0.2) is 0 Å². The molecular weight excluding hydrogens is 697 g/mol. The van der Waals surface area contributed by atoms with Crippen molar-refractivity contribution >= 4 is 46.3 Å². The van der Waals surface area contributed by atoms with Crippen molar-refractivity contribution in [2.75, 3.05) is 24.9 Å². The average molecular weight is 739 g/mol. The summed E-state index contributed by atoms with van der Waals surface area (Å²) in [6.07, 6.45) is 7.55. The largest absolute Gasteiger partial charge is 0.381 e. The highest BCUT2D eigenvalue weighted by Gasteiger charge is 2.32. The standard InChI is InChI=1S/C40H42N4O8S/c1-51-33-13-5-3-9-29(33)31-11-7-15-35(37(31)41-39(45)25-17-21-27(22-18-25)43(47)48)53-36-16-8-12-32(30-10-4-6-14-34(30)52-2)38(36)42-40(46)26-19-23-28(24-20-26)44(49)50/h7-8,11-12,15-24,29-30,33-34H,3-6,9-10,13-14H2,1-2H3,(H,41,45)(H,42,46). The number of ether oxygens (including phenoxy) is 2. The van der Waals surface area contributed by atoms with E-state index >= 15 is 0 Å². The number of hydrogen-bond donors (Lipinski definition) is 2. The molecule has 2 fully saturated rings. The molecule has 4 aromatic rings. The molecule has 0 aromatic heterocycles. The van der Waals surface area contributed by atoms with Crippen LogP contribution in [0.2, 0.25) is 0 Å². The van der Waals surface area contributed by atoms with E-state index in [1.807, 2.05) is 36.4 Å². The summed E-state index contributed by atoms with van der Waals surface area (Å²) in [4.78, 5) is 50.7. The van der Waals surface area contributed by atoms with E-state index in [4.69, 9.17) is 9.47 Å². The average Bonchev–Trinajstić information content (AvgIpc) is 3.19. The number of carbonyl (C=O) groups is 2. The van der Waals surface area contributed by atoms with Gasteiger partial charge in [0.25, 0.3) is 23.2 Å². The van der Waals surface area contributed by atoms with Gasteiger partial charge >= 0.3 is 0 Å². The molecule has 2 aliphatic carbocycles. The Morgan fingerprint density at radius 1 is 0.604 bits per heavy atom. The van der Waals surface area contributed by atoms with Crippen molar-refractivity contribution in [2.45, 2.75) is 85.2 Å². The Morgan fingerprint density at radius 3 is 1.34 bits per heavy atom. The summed E-state index contributed by atoms with van der Waals surface area (Å²) < 4.78 is 11.9. The molecule has 0 spiro atoms. The van der Waals surface area contributed by atoms with E-state index in [2.05, 4.69) is 10.6 Å². The summed E-state index contributed by atoms with van der Waals surface area (Å²) in [6, 6.07) is 22.8. The highest BCUT2D eigenvalue weighted by Crippen LogP contribution is 2.47. The monoisotopic (exact) mass is 738 g/mol. The molecule has 2 amide bonds. The van der Waals surface area contributed by atoms with Gasteiger partial charge in [-0.1, -0.05) is 61.7 Å². The molecule has 2 aliphatic rings. The van der Waals surface area contributed by atoms with Crippen molar-refractivity contribution in [3.8, 4) is 0 Å². The molecule has 13 heteroatoms. The lowest BCUT2D eigenvalue weighted by Gasteiger charge is -2.33. The molecular formula is C40H42N4O8S. The number of nitro groups is 2. The van der Waals surface area contributed by atoms with Crippen LogP contribution in [0.1, 0.15) is 95.0 Å². The first kappa shape index (κ1) is 37.6. The molecule has 12 nitrogen and oxygen atoms in total. The molecule has 0 saturated heterocycles. The van der Waals surface area contributed by atoms with Crippen LogP contribution in [0.15, 0.2) is 94.7 Å². The third-order valence-corrected chi connectivity index (χ3v) is 11.4. The number of non-ortho nitro benzene ring substituents is 2. The second kappa shape index (κ2) is 17.1. The fourth-order valence-electron chi connectivity index (χ4n) is 7.58. The molecule has 6 rings (SSSR count). The zero-order valence-electron chi connectivity index (χ0n) is 29.6. The number of nitrogens with one attached hydrogen (secondary N) is 2. The first-order valence-electron chi connectivity index (χ1n) is 17.8. The third kappa shape index (κ3) is 8.59.